The first-order valence-electron chi connectivity index (χ1n) is 7.12. The van der Waals surface area contributed by atoms with E-state index in [9.17, 15) is 9.59 Å². The van der Waals surface area contributed by atoms with Gasteiger partial charge in [0.25, 0.3) is 0 Å². The van der Waals surface area contributed by atoms with Crippen molar-refractivity contribution in [2.75, 3.05) is 13.1 Å². The van der Waals surface area contributed by atoms with E-state index < -0.39 is 5.60 Å². The molecule has 1 N–H and O–H groups in total. The van der Waals surface area contributed by atoms with Gasteiger partial charge in [-0.25, -0.2) is 4.79 Å². The highest BCUT2D eigenvalue weighted by Crippen LogP contribution is 2.22. The van der Waals surface area contributed by atoms with Crippen LogP contribution in [0.1, 0.15) is 46.5 Å². The molecule has 2 rings (SSSR count). The van der Waals surface area contributed by atoms with Crippen LogP contribution in [-0.4, -0.2) is 47.6 Å². The van der Waals surface area contributed by atoms with Gasteiger partial charge in [0.1, 0.15) is 5.60 Å². The average molecular weight is 268 g/mol. The monoisotopic (exact) mass is 268 g/mol. The van der Waals surface area contributed by atoms with Gasteiger partial charge in [-0.2, -0.15) is 0 Å². The van der Waals surface area contributed by atoms with E-state index in [0.717, 1.165) is 25.7 Å². The first-order chi connectivity index (χ1) is 8.87. The SMILES string of the molecule is CC(C)(C)OC(=O)N1CCC[C@H]1C(=O)CNC1CC1. The number of hydrogen-bond acceptors (Lipinski definition) is 4. The van der Waals surface area contributed by atoms with Crippen LogP contribution in [0, 0.1) is 0 Å². The van der Waals surface area contributed by atoms with E-state index in [1.807, 2.05) is 20.8 Å². The molecule has 1 saturated heterocycles. The molecule has 5 nitrogen and oxygen atoms in total. The fraction of sp³-hybridized carbons (Fsp3) is 0.857. The molecule has 1 saturated carbocycles. The zero-order valence-corrected chi connectivity index (χ0v) is 12.1. The summed E-state index contributed by atoms with van der Waals surface area (Å²) in [5.74, 6) is 0.107. The van der Waals surface area contributed by atoms with Crippen LogP contribution in [0.4, 0.5) is 4.79 Å². The molecule has 108 valence electrons. The Morgan fingerprint density at radius 3 is 2.53 bits per heavy atom. The van der Waals surface area contributed by atoms with Gasteiger partial charge in [0.2, 0.25) is 0 Å². The molecular formula is C14H24N2O3. The number of hydrogen-bond donors (Lipinski definition) is 1. The molecule has 0 aromatic carbocycles. The van der Waals surface area contributed by atoms with Crippen LogP contribution in [0.15, 0.2) is 0 Å². The van der Waals surface area contributed by atoms with E-state index in [2.05, 4.69) is 5.32 Å². The molecule has 1 aliphatic carbocycles. The standard InChI is InChI=1S/C14H24N2O3/c1-14(2,3)19-13(18)16-8-4-5-11(16)12(17)9-15-10-6-7-10/h10-11,15H,4-9H2,1-3H3/t11-/m0/s1. The average Bonchev–Trinajstić information content (AvgIpc) is 2.98. The summed E-state index contributed by atoms with van der Waals surface area (Å²) in [4.78, 5) is 25.8. The highest BCUT2D eigenvalue weighted by molar-refractivity contribution is 5.89. The minimum atomic E-state index is -0.514. The van der Waals surface area contributed by atoms with Gasteiger partial charge in [-0.1, -0.05) is 0 Å². The van der Waals surface area contributed by atoms with Crippen LogP contribution in [0.25, 0.3) is 0 Å². The quantitative estimate of drug-likeness (QED) is 0.843. The lowest BCUT2D eigenvalue weighted by atomic mass is 10.1. The molecule has 0 radical (unpaired) electrons. The summed E-state index contributed by atoms with van der Waals surface area (Å²) < 4.78 is 5.35. The molecule has 5 heteroatoms. The second-order valence-electron chi connectivity index (χ2n) is 6.45. The van der Waals surface area contributed by atoms with Crippen molar-refractivity contribution in [1.29, 1.82) is 0 Å². The normalized spacial score (nSPS) is 23.5. The summed E-state index contributed by atoms with van der Waals surface area (Å²) >= 11 is 0. The zero-order valence-electron chi connectivity index (χ0n) is 12.1. The van der Waals surface area contributed by atoms with E-state index in [1.165, 1.54) is 0 Å². The Morgan fingerprint density at radius 1 is 1.26 bits per heavy atom. The molecule has 0 unspecified atom stereocenters. The number of nitrogens with one attached hydrogen (secondary N) is 1. The maximum absolute atomic E-state index is 12.1. The fourth-order valence-electron chi connectivity index (χ4n) is 2.29. The summed E-state index contributed by atoms with van der Waals surface area (Å²) in [6, 6.07) is 0.210. The van der Waals surface area contributed by atoms with Crippen molar-refractivity contribution in [2.45, 2.75) is 64.1 Å². The molecule has 1 aliphatic heterocycles. The van der Waals surface area contributed by atoms with Crippen LogP contribution in [0.5, 0.6) is 0 Å². The number of carbonyl (C=O) groups is 2. The molecule has 19 heavy (non-hydrogen) atoms. The third-order valence-electron chi connectivity index (χ3n) is 3.39. The maximum atomic E-state index is 12.1. The molecular weight excluding hydrogens is 244 g/mol. The van der Waals surface area contributed by atoms with Gasteiger partial charge < -0.3 is 10.1 Å². The minimum Gasteiger partial charge on any atom is -0.444 e. The van der Waals surface area contributed by atoms with E-state index in [-0.39, 0.29) is 17.9 Å². The number of rotatable bonds is 4. The van der Waals surface area contributed by atoms with E-state index in [0.29, 0.717) is 19.1 Å². The fourth-order valence-corrected chi connectivity index (χ4v) is 2.29. The molecule has 0 aromatic heterocycles. The topological polar surface area (TPSA) is 58.6 Å². The molecule has 0 aromatic rings. The maximum Gasteiger partial charge on any atom is 0.410 e. The second-order valence-corrected chi connectivity index (χ2v) is 6.45. The van der Waals surface area contributed by atoms with Crippen molar-refractivity contribution in [2.24, 2.45) is 0 Å². The summed E-state index contributed by atoms with van der Waals surface area (Å²) in [5, 5.41) is 3.21. The molecule has 0 bridgehead atoms. The lowest BCUT2D eigenvalue weighted by Crippen LogP contribution is -2.46. The Bertz CT molecular complexity index is 358. The van der Waals surface area contributed by atoms with Crippen molar-refractivity contribution in [3.63, 3.8) is 0 Å². The number of likely N-dealkylation sites (tertiary alicyclic amines) is 1. The van der Waals surface area contributed by atoms with Crippen molar-refractivity contribution >= 4 is 11.9 Å². The van der Waals surface area contributed by atoms with Crippen LogP contribution >= 0.6 is 0 Å². The van der Waals surface area contributed by atoms with Crippen LogP contribution in [-0.2, 0) is 9.53 Å². The molecule has 1 heterocycles. The lowest BCUT2D eigenvalue weighted by molar-refractivity contribution is -0.122. The molecule has 0 spiro atoms. The molecule has 1 amide bonds. The first-order valence-corrected chi connectivity index (χ1v) is 7.12. The third kappa shape index (κ3) is 4.20. The Kier molecular flexibility index (Phi) is 4.13. The Morgan fingerprint density at radius 2 is 1.95 bits per heavy atom. The van der Waals surface area contributed by atoms with E-state index >= 15 is 0 Å². The molecule has 1 atom stereocenters. The summed E-state index contributed by atoms with van der Waals surface area (Å²) in [6.45, 7) is 6.51. The van der Waals surface area contributed by atoms with Gasteiger partial charge in [-0.3, -0.25) is 9.69 Å². The van der Waals surface area contributed by atoms with Gasteiger partial charge in [-0.15, -0.1) is 0 Å². The second kappa shape index (κ2) is 5.49. The van der Waals surface area contributed by atoms with E-state index in [4.69, 9.17) is 4.74 Å². The van der Waals surface area contributed by atoms with Crippen molar-refractivity contribution in [3.8, 4) is 0 Å². The predicted octanol–water partition coefficient (Wildman–Crippen LogP) is 1.71. The Balaban J connectivity index is 1.87. The third-order valence-corrected chi connectivity index (χ3v) is 3.39. The predicted molar refractivity (Wildman–Crippen MR) is 72.0 cm³/mol. The van der Waals surface area contributed by atoms with Gasteiger partial charge in [0.05, 0.1) is 12.6 Å². The smallest absolute Gasteiger partial charge is 0.410 e. The Labute approximate surface area is 114 Å². The number of Topliss-reactive ketones (excluding diaryl/α,β-unsaturated/α-hetero) is 1. The zero-order chi connectivity index (χ0) is 14.0. The largest absolute Gasteiger partial charge is 0.444 e. The van der Waals surface area contributed by atoms with Crippen LogP contribution in [0.3, 0.4) is 0 Å². The van der Waals surface area contributed by atoms with Crippen molar-refractivity contribution in [1.82, 2.24) is 10.2 Å². The number of amides is 1. The van der Waals surface area contributed by atoms with Gasteiger partial charge in [-0.05, 0) is 46.5 Å². The first kappa shape index (κ1) is 14.3. The number of nitrogens with zero attached hydrogens (tertiary/aromatic N) is 1. The van der Waals surface area contributed by atoms with Gasteiger partial charge in [0, 0.05) is 12.6 Å². The lowest BCUT2D eigenvalue weighted by Gasteiger charge is -2.28. The van der Waals surface area contributed by atoms with Crippen LogP contribution in [0.2, 0.25) is 0 Å². The van der Waals surface area contributed by atoms with Crippen molar-refractivity contribution < 1.29 is 14.3 Å². The van der Waals surface area contributed by atoms with Gasteiger partial charge in [0.15, 0.2) is 5.78 Å². The summed E-state index contributed by atoms with van der Waals surface area (Å²) in [5.41, 5.74) is -0.514. The highest BCUT2D eigenvalue weighted by Gasteiger charge is 2.36. The summed E-state index contributed by atoms with van der Waals surface area (Å²) in [6.07, 6.45) is 3.58. The minimum absolute atomic E-state index is 0.107. The number of ketones is 1. The molecule has 2 aliphatic rings. The Hall–Kier alpha value is -1.10. The van der Waals surface area contributed by atoms with Gasteiger partial charge >= 0.3 is 6.09 Å². The summed E-state index contributed by atoms with van der Waals surface area (Å²) in [7, 11) is 0. The molecule has 2 fully saturated rings. The number of carbonyl (C=O) groups excluding carboxylic acids is 2. The van der Waals surface area contributed by atoms with Crippen LogP contribution < -0.4 is 5.32 Å². The number of ether oxygens (including phenoxy) is 1. The highest BCUT2D eigenvalue weighted by atomic mass is 16.6. The van der Waals surface area contributed by atoms with E-state index in [1.54, 1.807) is 4.90 Å². The van der Waals surface area contributed by atoms with Crippen molar-refractivity contribution in [3.05, 3.63) is 0 Å².